The fourth-order valence-corrected chi connectivity index (χ4v) is 4.63. The molecule has 1 fully saturated rings. The Kier molecular flexibility index (Phi) is 5.76. The molecule has 1 aliphatic heterocycles. The lowest BCUT2D eigenvalue weighted by Crippen LogP contribution is -2.50. The Morgan fingerprint density at radius 3 is 2.39 bits per heavy atom. The van der Waals surface area contributed by atoms with Gasteiger partial charge in [0.1, 0.15) is 6.54 Å². The molecule has 8 heteroatoms. The zero-order valence-corrected chi connectivity index (χ0v) is 19.5. The van der Waals surface area contributed by atoms with Gasteiger partial charge in [0, 0.05) is 74.9 Å². The minimum Gasteiger partial charge on any atom is -0.421 e. The second-order valence-electron chi connectivity index (χ2n) is 8.83. The lowest BCUT2D eigenvalue weighted by Gasteiger charge is -2.35. The summed E-state index contributed by atoms with van der Waals surface area (Å²) in [5.74, 6) is 1.19. The van der Waals surface area contributed by atoms with Crippen LogP contribution in [0.4, 0.5) is 0 Å². The Balaban J connectivity index is 1.20. The average Bonchev–Trinajstić information content (AvgIpc) is 3.52. The van der Waals surface area contributed by atoms with Gasteiger partial charge >= 0.3 is 0 Å². The number of aromatic nitrogens is 4. The molecule has 172 valence electrons. The molecule has 0 saturated carbocycles. The van der Waals surface area contributed by atoms with Crippen LogP contribution >= 0.6 is 0 Å². The first-order valence-electron chi connectivity index (χ1n) is 11.5. The Hall–Kier alpha value is -3.39. The molecule has 0 bridgehead atoms. The maximum atomic E-state index is 13.0. The van der Waals surface area contributed by atoms with Crippen molar-refractivity contribution in [3.63, 3.8) is 0 Å². The standard InChI is InChI=1S/C25H30N6O2/c1-18-4-5-19(2)31(18)15-12-28-10-13-29(14-11-28)24(32)17-30-9-8-21-6-7-22(16-23(21)30)25-27-26-20(3)33-25/h4-9,16H,10-15,17H2,1-3H3. The van der Waals surface area contributed by atoms with Gasteiger partial charge in [-0.15, -0.1) is 10.2 Å². The highest BCUT2D eigenvalue weighted by Gasteiger charge is 2.22. The molecule has 8 nitrogen and oxygen atoms in total. The molecule has 0 N–H and O–H groups in total. The molecule has 1 amide bonds. The zero-order valence-electron chi connectivity index (χ0n) is 19.5. The van der Waals surface area contributed by atoms with Gasteiger partial charge in [-0.2, -0.15) is 0 Å². The molecule has 1 aromatic carbocycles. The van der Waals surface area contributed by atoms with E-state index >= 15 is 0 Å². The van der Waals surface area contributed by atoms with Crippen LogP contribution in [0, 0.1) is 20.8 Å². The number of nitrogens with zero attached hydrogens (tertiary/aromatic N) is 6. The number of benzene rings is 1. The molecule has 1 aliphatic rings. The molecule has 3 aromatic heterocycles. The van der Waals surface area contributed by atoms with Gasteiger partial charge in [0.05, 0.1) is 0 Å². The molecule has 0 unspecified atom stereocenters. The van der Waals surface area contributed by atoms with E-state index in [1.54, 1.807) is 6.92 Å². The van der Waals surface area contributed by atoms with Crippen molar-refractivity contribution in [2.24, 2.45) is 0 Å². The highest BCUT2D eigenvalue weighted by molar-refractivity contribution is 5.86. The number of carbonyl (C=O) groups excluding carboxylic acids is 1. The summed E-state index contributed by atoms with van der Waals surface area (Å²) in [4.78, 5) is 17.5. The highest BCUT2D eigenvalue weighted by Crippen LogP contribution is 2.24. The first kappa shape index (κ1) is 21.5. The largest absolute Gasteiger partial charge is 0.421 e. The normalized spacial score (nSPS) is 14.9. The van der Waals surface area contributed by atoms with Crippen molar-refractivity contribution in [3.8, 4) is 11.5 Å². The summed E-state index contributed by atoms with van der Waals surface area (Å²) >= 11 is 0. The maximum absolute atomic E-state index is 13.0. The van der Waals surface area contributed by atoms with E-state index in [0.717, 1.165) is 55.7 Å². The van der Waals surface area contributed by atoms with Crippen molar-refractivity contribution in [2.45, 2.75) is 33.9 Å². The first-order chi connectivity index (χ1) is 16.0. The third-order valence-corrected chi connectivity index (χ3v) is 6.63. The van der Waals surface area contributed by atoms with Crippen LogP contribution in [0.3, 0.4) is 0 Å². The average molecular weight is 447 g/mol. The van der Waals surface area contributed by atoms with Crippen LogP contribution in [0.25, 0.3) is 22.4 Å². The number of hydrogen-bond acceptors (Lipinski definition) is 5. The van der Waals surface area contributed by atoms with Crippen molar-refractivity contribution >= 4 is 16.8 Å². The van der Waals surface area contributed by atoms with Crippen molar-refractivity contribution in [2.75, 3.05) is 32.7 Å². The number of fused-ring (bicyclic) bond motifs is 1. The summed E-state index contributed by atoms with van der Waals surface area (Å²) in [5, 5.41) is 9.11. The Bertz CT molecular complexity index is 1260. The molecule has 0 spiro atoms. The summed E-state index contributed by atoms with van der Waals surface area (Å²) in [5.41, 5.74) is 4.46. The molecular weight excluding hydrogens is 416 g/mol. The Morgan fingerprint density at radius 2 is 1.70 bits per heavy atom. The van der Waals surface area contributed by atoms with Crippen molar-refractivity contribution in [3.05, 3.63) is 59.9 Å². The van der Waals surface area contributed by atoms with Gasteiger partial charge in [-0.05, 0) is 49.6 Å². The number of piperazine rings is 1. The number of hydrogen-bond donors (Lipinski definition) is 0. The quantitative estimate of drug-likeness (QED) is 0.455. The lowest BCUT2D eigenvalue weighted by atomic mass is 10.1. The fraction of sp³-hybridized carbons (Fsp3) is 0.400. The Labute approximate surface area is 193 Å². The van der Waals surface area contributed by atoms with Crippen molar-refractivity contribution < 1.29 is 9.21 Å². The fourth-order valence-electron chi connectivity index (χ4n) is 4.63. The minimum atomic E-state index is 0.156. The van der Waals surface area contributed by atoms with E-state index in [4.69, 9.17) is 4.42 Å². The van der Waals surface area contributed by atoms with Gasteiger partial charge < -0.3 is 18.5 Å². The lowest BCUT2D eigenvalue weighted by molar-refractivity contribution is -0.133. The van der Waals surface area contributed by atoms with Crippen LogP contribution in [0.15, 0.2) is 47.0 Å². The number of carbonyl (C=O) groups is 1. The summed E-state index contributed by atoms with van der Waals surface area (Å²) in [6.45, 7) is 11.8. The monoisotopic (exact) mass is 446 g/mol. The van der Waals surface area contributed by atoms with E-state index in [1.807, 2.05) is 39.9 Å². The van der Waals surface area contributed by atoms with E-state index < -0.39 is 0 Å². The molecule has 0 radical (unpaired) electrons. The maximum Gasteiger partial charge on any atom is 0.247 e. The van der Waals surface area contributed by atoms with E-state index in [2.05, 4.69) is 45.6 Å². The van der Waals surface area contributed by atoms with Gasteiger partial charge in [-0.25, -0.2) is 0 Å². The number of amides is 1. The van der Waals surface area contributed by atoms with Gasteiger partial charge in [-0.1, -0.05) is 6.07 Å². The third-order valence-electron chi connectivity index (χ3n) is 6.63. The van der Waals surface area contributed by atoms with E-state index in [-0.39, 0.29) is 5.91 Å². The minimum absolute atomic E-state index is 0.156. The molecule has 0 aliphatic carbocycles. The molecule has 1 saturated heterocycles. The van der Waals surface area contributed by atoms with Crippen LogP contribution in [-0.4, -0.2) is 67.8 Å². The predicted molar refractivity (Wildman–Crippen MR) is 127 cm³/mol. The third kappa shape index (κ3) is 4.43. The molecule has 33 heavy (non-hydrogen) atoms. The topological polar surface area (TPSA) is 72.3 Å². The SMILES string of the molecule is Cc1nnc(-c2ccc3ccn(CC(=O)N4CCN(CCn5c(C)ccc5C)CC4)c3c2)o1. The number of rotatable bonds is 6. The van der Waals surface area contributed by atoms with E-state index in [0.29, 0.717) is 18.3 Å². The summed E-state index contributed by atoms with van der Waals surface area (Å²) in [7, 11) is 0. The second-order valence-corrected chi connectivity index (χ2v) is 8.83. The smallest absolute Gasteiger partial charge is 0.247 e. The summed E-state index contributed by atoms with van der Waals surface area (Å²) < 4.78 is 9.93. The highest BCUT2D eigenvalue weighted by atomic mass is 16.4. The Morgan fingerprint density at radius 1 is 0.939 bits per heavy atom. The van der Waals surface area contributed by atoms with E-state index in [1.165, 1.54) is 11.4 Å². The zero-order chi connectivity index (χ0) is 22.9. The summed E-state index contributed by atoms with van der Waals surface area (Å²) in [6, 6.07) is 12.4. The van der Waals surface area contributed by atoms with Gasteiger partial charge in [0.2, 0.25) is 17.7 Å². The molecule has 0 atom stereocenters. The molecule has 5 rings (SSSR count). The number of aryl methyl sites for hydroxylation is 3. The van der Waals surface area contributed by atoms with Crippen LogP contribution < -0.4 is 0 Å². The van der Waals surface area contributed by atoms with Crippen molar-refractivity contribution in [1.29, 1.82) is 0 Å². The van der Waals surface area contributed by atoms with Crippen LogP contribution in [0.1, 0.15) is 17.3 Å². The molecule has 4 heterocycles. The van der Waals surface area contributed by atoms with Gasteiger partial charge in [0.15, 0.2) is 0 Å². The van der Waals surface area contributed by atoms with Crippen LogP contribution in [0.2, 0.25) is 0 Å². The molecule has 4 aromatic rings. The van der Waals surface area contributed by atoms with Crippen LogP contribution in [-0.2, 0) is 17.9 Å². The second kappa shape index (κ2) is 8.86. The first-order valence-corrected chi connectivity index (χ1v) is 11.5. The van der Waals surface area contributed by atoms with Gasteiger partial charge in [-0.3, -0.25) is 9.69 Å². The predicted octanol–water partition coefficient (Wildman–Crippen LogP) is 3.26. The van der Waals surface area contributed by atoms with Crippen molar-refractivity contribution in [1.82, 2.24) is 29.1 Å². The summed E-state index contributed by atoms with van der Waals surface area (Å²) in [6.07, 6.45) is 1.98. The van der Waals surface area contributed by atoms with Crippen LogP contribution in [0.5, 0.6) is 0 Å². The molecular formula is C25H30N6O2. The van der Waals surface area contributed by atoms with Gasteiger partial charge in [0.25, 0.3) is 0 Å². The van der Waals surface area contributed by atoms with E-state index in [9.17, 15) is 4.79 Å².